The fourth-order valence-electron chi connectivity index (χ4n) is 2.70. The van der Waals surface area contributed by atoms with Crippen molar-refractivity contribution in [1.82, 2.24) is 4.90 Å². The lowest BCUT2D eigenvalue weighted by atomic mass is 10.1. The minimum Gasteiger partial charge on any atom is -0.395 e. The van der Waals surface area contributed by atoms with E-state index in [1.54, 1.807) is 17.0 Å². The Labute approximate surface area is 132 Å². The lowest BCUT2D eigenvalue weighted by Gasteiger charge is -2.27. The van der Waals surface area contributed by atoms with Crippen molar-refractivity contribution in [2.45, 2.75) is 31.7 Å². The number of hydrogen-bond acceptors (Lipinski definition) is 2. The van der Waals surface area contributed by atoms with Crippen LogP contribution in [0.2, 0.25) is 0 Å². The van der Waals surface area contributed by atoms with E-state index in [-0.39, 0.29) is 24.4 Å². The Morgan fingerprint density at radius 3 is 2.81 bits per heavy atom. The molecule has 0 aromatic heterocycles. The van der Waals surface area contributed by atoms with E-state index in [1.165, 1.54) is 18.2 Å². The van der Waals surface area contributed by atoms with Gasteiger partial charge in [-0.2, -0.15) is 0 Å². The van der Waals surface area contributed by atoms with Crippen LogP contribution < -0.4 is 0 Å². The number of aliphatic hydroxyl groups is 1. The molecule has 0 saturated heterocycles. The Bertz CT molecular complexity index is 527. The third kappa shape index (κ3) is 4.38. The monoisotopic (exact) mass is 355 g/mol. The van der Waals surface area contributed by atoms with Crippen LogP contribution in [-0.4, -0.2) is 35.1 Å². The maximum Gasteiger partial charge on any atom is 0.246 e. The van der Waals surface area contributed by atoms with Crippen LogP contribution in [0.3, 0.4) is 0 Å². The molecule has 0 bridgehead atoms. The summed E-state index contributed by atoms with van der Waals surface area (Å²) < 4.78 is 14.4. The summed E-state index contributed by atoms with van der Waals surface area (Å²) in [6, 6.07) is 4.80. The molecule has 114 valence electrons. The van der Waals surface area contributed by atoms with E-state index in [2.05, 4.69) is 15.9 Å². The van der Waals surface area contributed by atoms with Gasteiger partial charge in [-0.1, -0.05) is 28.8 Å². The standard InChI is InChI=1S/C16H19BrFNO2/c17-13-6-7-15(18)12(11-13)5-8-16(21)19(9-10-20)14-3-1-2-4-14/h5-8,11,14,20H,1-4,9-10H2. The van der Waals surface area contributed by atoms with Crippen molar-refractivity contribution in [2.75, 3.05) is 13.2 Å². The van der Waals surface area contributed by atoms with Gasteiger partial charge in [-0.05, 0) is 37.1 Å². The smallest absolute Gasteiger partial charge is 0.246 e. The number of rotatable bonds is 5. The van der Waals surface area contributed by atoms with Gasteiger partial charge in [0.25, 0.3) is 0 Å². The normalized spacial score (nSPS) is 15.8. The molecule has 2 rings (SSSR count). The van der Waals surface area contributed by atoms with Gasteiger partial charge in [0.1, 0.15) is 5.82 Å². The first-order valence-electron chi connectivity index (χ1n) is 7.16. The van der Waals surface area contributed by atoms with Crippen molar-refractivity contribution in [2.24, 2.45) is 0 Å². The molecule has 1 saturated carbocycles. The zero-order chi connectivity index (χ0) is 15.2. The van der Waals surface area contributed by atoms with Crippen LogP contribution in [-0.2, 0) is 4.79 Å². The molecule has 5 heteroatoms. The summed E-state index contributed by atoms with van der Waals surface area (Å²) in [5, 5.41) is 9.13. The molecule has 0 atom stereocenters. The molecule has 1 N–H and O–H groups in total. The lowest BCUT2D eigenvalue weighted by molar-refractivity contribution is -0.128. The summed E-state index contributed by atoms with van der Waals surface area (Å²) >= 11 is 3.28. The predicted octanol–water partition coefficient (Wildman–Crippen LogP) is 3.36. The van der Waals surface area contributed by atoms with Gasteiger partial charge in [0.15, 0.2) is 0 Å². The minimum absolute atomic E-state index is 0.0542. The average molecular weight is 356 g/mol. The van der Waals surface area contributed by atoms with Gasteiger partial charge in [-0.25, -0.2) is 4.39 Å². The highest BCUT2D eigenvalue weighted by Gasteiger charge is 2.24. The van der Waals surface area contributed by atoms with Crippen LogP contribution >= 0.6 is 15.9 Å². The van der Waals surface area contributed by atoms with Gasteiger partial charge in [0.05, 0.1) is 6.61 Å². The average Bonchev–Trinajstić information content (AvgIpc) is 2.99. The molecule has 1 aliphatic carbocycles. The topological polar surface area (TPSA) is 40.5 Å². The number of carbonyl (C=O) groups excluding carboxylic acids is 1. The number of carbonyl (C=O) groups is 1. The largest absolute Gasteiger partial charge is 0.395 e. The van der Waals surface area contributed by atoms with Crippen LogP contribution in [0, 0.1) is 5.82 Å². The second-order valence-electron chi connectivity index (χ2n) is 5.19. The lowest BCUT2D eigenvalue weighted by Crippen LogP contribution is -2.39. The molecular weight excluding hydrogens is 337 g/mol. The third-order valence-electron chi connectivity index (χ3n) is 3.75. The number of amides is 1. The zero-order valence-corrected chi connectivity index (χ0v) is 13.4. The van der Waals surface area contributed by atoms with Crippen LogP contribution in [0.25, 0.3) is 6.08 Å². The second kappa shape index (κ2) is 7.71. The molecule has 0 aliphatic heterocycles. The van der Waals surface area contributed by atoms with Crippen molar-refractivity contribution in [3.63, 3.8) is 0 Å². The number of nitrogens with zero attached hydrogens (tertiary/aromatic N) is 1. The molecule has 0 unspecified atom stereocenters. The van der Waals surface area contributed by atoms with E-state index in [4.69, 9.17) is 5.11 Å². The minimum atomic E-state index is -0.364. The first-order chi connectivity index (χ1) is 10.1. The molecule has 1 amide bonds. The maximum absolute atomic E-state index is 13.6. The third-order valence-corrected chi connectivity index (χ3v) is 4.25. The van der Waals surface area contributed by atoms with Crippen molar-refractivity contribution in [1.29, 1.82) is 0 Å². The summed E-state index contributed by atoms with van der Waals surface area (Å²) in [6.07, 6.45) is 7.06. The number of aliphatic hydroxyl groups excluding tert-OH is 1. The Morgan fingerprint density at radius 2 is 2.14 bits per heavy atom. The van der Waals surface area contributed by atoms with Crippen molar-refractivity contribution in [3.8, 4) is 0 Å². The molecule has 0 radical (unpaired) electrons. The predicted molar refractivity (Wildman–Crippen MR) is 84.2 cm³/mol. The van der Waals surface area contributed by atoms with Gasteiger partial charge in [0, 0.05) is 28.7 Å². The summed E-state index contributed by atoms with van der Waals surface area (Å²) in [7, 11) is 0. The molecule has 1 aliphatic rings. The molecule has 1 aromatic rings. The van der Waals surface area contributed by atoms with E-state index < -0.39 is 0 Å². The quantitative estimate of drug-likeness (QED) is 0.822. The van der Waals surface area contributed by atoms with Crippen LogP contribution in [0.1, 0.15) is 31.2 Å². The Balaban J connectivity index is 2.10. The van der Waals surface area contributed by atoms with E-state index in [0.717, 1.165) is 30.2 Å². The van der Waals surface area contributed by atoms with E-state index >= 15 is 0 Å². The highest BCUT2D eigenvalue weighted by atomic mass is 79.9. The SMILES string of the molecule is O=C(C=Cc1cc(Br)ccc1F)N(CCO)C1CCCC1. The highest BCUT2D eigenvalue weighted by molar-refractivity contribution is 9.10. The second-order valence-corrected chi connectivity index (χ2v) is 6.11. The van der Waals surface area contributed by atoms with Gasteiger partial charge >= 0.3 is 0 Å². The zero-order valence-electron chi connectivity index (χ0n) is 11.8. The number of hydrogen-bond donors (Lipinski definition) is 1. The van der Waals surface area contributed by atoms with Gasteiger partial charge < -0.3 is 10.0 Å². The molecular formula is C16H19BrFNO2. The van der Waals surface area contributed by atoms with Gasteiger partial charge in [-0.15, -0.1) is 0 Å². The van der Waals surface area contributed by atoms with E-state index in [9.17, 15) is 9.18 Å². The van der Waals surface area contributed by atoms with Crippen LogP contribution in [0.15, 0.2) is 28.7 Å². The molecule has 1 fully saturated rings. The van der Waals surface area contributed by atoms with Crippen molar-refractivity contribution < 1.29 is 14.3 Å². The van der Waals surface area contributed by atoms with Gasteiger partial charge in [-0.3, -0.25) is 4.79 Å². The van der Waals surface area contributed by atoms with E-state index in [0.29, 0.717) is 12.1 Å². The fraction of sp³-hybridized carbons (Fsp3) is 0.438. The van der Waals surface area contributed by atoms with E-state index in [1.807, 2.05) is 0 Å². The molecule has 3 nitrogen and oxygen atoms in total. The first kappa shape index (κ1) is 16.2. The summed E-state index contributed by atoms with van der Waals surface area (Å²) in [4.78, 5) is 14.0. The van der Waals surface area contributed by atoms with Crippen LogP contribution in [0.5, 0.6) is 0 Å². The van der Waals surface area contributed by atoms with Crippen molar-refractivity contribution in [3.05, 3.63) is 40.1 Å². The summed E-state index contributed by atoms with van der Waals surface area (Å²) in [5.41, 5.74) is 0.369. The van der Waals surface area contributed by atoms with Crippen molar-refractivity contribution >= 4 is 27.9 Å². The summed E-state index contributed by atoms with van der Waals surface area (Å²) in [6.45, 7) is 0.274. The number of benzene rings is 1. The maximum atomic E-state index is 13.6. The molecule has 0 spiro atoms. The van der Waals surface area contributed by atoms with Crippen LogP contribution in [0.4, 0.5) is 4.39 Å². The van der Waals surface area contributed by atoms with Gasteiger partial charge in [0.2, 0.25) is 5.91 Å². The summed E-state index contributed by atoms with van der Waals surface area (Å²) in [5.74, 6) is -0.535. The first-order valence-corrected chi connectivity index (χ1v) is 7.95. The fourth-order valence-corrected chi connectivity index (χ4v) is 3.07. The molecule has 1 aromatic carbocycles. The molecule has 21 heavy (non-hydrogen) atoms. The number of halogens is 2. The molecule has 0 heterocycles. The Hall–Kier alpha value is -1.20. The highest BCUT2D eigenvalue weighted by Crippen LogP contribution is 2.24. The Morgan fingerprint density at radius 1 is 1.43 bits per heavy atom. The Kier molecular flexibility index (Phi) is 5.94.